The van der Waals surface area contributed by atoms with E-state index in [1.54, 1.807) is 27.5 Å². The average molecular weight is 379 g/mol. The molecule has 8 heteroatoms. The monoisotopic (exact) mass is 379 g/mol. The fourth-order valence-electron chi connectivity index (χ4n) is 3.23. The molecule has 1 aliphatic rings. The van der Waals surface area contributed by atoms with Crippen LogP contribution in [0.1, 0.15) is 5.56 Å². The Morgan fingerprint density at radius 1 is 1.00 bits per heavy atom. The lowest BCUT2D eigenvalue weighted by molar-refractivity contribution is 0.324. The standard InChI is InChI=1S/C20H21N5O3/c1-26-15-10-14(11-16(27-2)18(15)28-3)23-20-22-12-13-7-9-25(19(13)24-20)17-6-4-5-8-21-17/h4-6,8,10-12H,7,9H2,1-3H3,(H,22,23,24). The van der Waals surface area contributed by atoms with Crippen LogP contribution >= 0.6 is 0 Å². The molecule has 0 bridgehead atoms. The van der Waals surface area contributed by atoms with Crippen molar-refractivity contribution in [2.24, 2.45) is 0 Å². The van der Waals surface area contributed by atoms with Crippen LogP contribution in [-0.2, 0) is 6.42 Å². The lowest BCUT2D eigenvalue weighted by Gasteiger charge is -2.18. The summed E-state index contributed by atoms with van der Waals surface area (Å²) in [5.74, 6) is 3.87. The van der Waals surface area contributed by atoms with Crippen LogP contribution in [0.25, 0.3) is 0 Å². The van der Waals surface area contributed by atoms with Gasteiger partial charge in [-0.1, -0.05) is 6.07 Å². The number of hydrogen-bond donors (Lipinski definition) is 1. The highest BCUT2D eigenvalue weighted by molar-refractivity contribution is 5.68. The molecule has 0 fully saturated rings. The van der Waals surface area contributed by atoms with Crippen molar-refractivity contribution in [1.82, 2.24) is 15.0 Å². The van der Waals surface area contributed by atoms with E-state index in [9.17, 15) is 0 Å². The molecule has 4 rings (SSSR count). The highest BCUT2D eigenvalue weighted by Gasteiger charge is 2.24. The lowest BCUT2D eigenvalue weighted by atomic mass is 10.2. The maximum absolute atomic E-state index is 5.40. The Balaban J connectivity index is 1.65. The number of nitrogens with zero attached hydrogens (tertiary/aromatic N) is 4. The summed E-state index contributed by atoms with van der Waals surface area (Å²) in [7, 11) is 4.73. The zero-order chi connectivity index (χ0) is 19.5. The number of pyridine rings is 1. The van der Waals surface area contributed by atoms with Gasteiger partial charge in [0.15, 0.2) is 11.5 Å². The summed E-state index contributed by atoms with van der Waals surface area (Å²) in [6.07, 6.45) is 4.52. The van der Waals surface area contributed by atoms with Crippen LogP contribution in [0.15, 0.2) is 42.7 Å². The number of benzene rings is 1. The van der Waals surface area contributed by atoms with Crippen LogP contribution in [0.2, 0.25) is 0 Å². The Labute approximate surface area is 163 Å². The molecule has 0 saturated carbocycles. The van der Waals surface area contributed by atoms with Gasteiger partial charge in [0, 0.05) is 42.3 Å². The number of methoxy groups -OCH3 is 3. The van der Waals surface area contributed by atoms with E-state index in [1.165, 1.54) is 0 Å². The van der Waals surface area contributed by atoms with Gasteiger partial charge in [-0.3, -0.25) is 0 Å². The fraction of sp³-hybridized carbons (Fsp3) is 0.250. The van der Waals surface area contributed by atoms with Gasteiger partial charge in [0.1, 0.15) is 11.6 Å². The molecule has 0 spiro atoms. The first kappa shape index (κ1) is 17.8. The molecule has 3 aromatic rings. The van der Waals surface area contributed by atoms with Gasteiger partial charge >= 0.3 is 0 Å². The molecule has 144 valence electrons. The normalized spacial score (nSPS) is 12.5. The molecule has 8 nitrogen and oxygen atoms in total. The van der Waals surface area contributed by atoms with Crippen molar-refractivity contribution in [3.8, 4) is 17.2 Å². The second-order valence-electron chi connectivity index (χ2n) is 6.17. The number of ether oxygens (including phenoxy) is 3. The molecule has 2 aromatic heterocycles. The number of aromatic nitrogens is 3. The topological polar surface area (TPSA) is 81.6 Å². The summed E-state index contributed by atoms with van der Waals surface area (Å²) in [5.41, 5.74) is 1.83. The number of fused-ring (bicyclic) bond motifs is 1. The third-order valence-electron chi connectivity index (χ3n) is 4.55. The van der Waals surface area contributed by atoms with E-state index >= 15 is 0 Å². The quantitative estimate of drug-likeness (QED) is 0.698. The van der Waals surface area contributed by atoms with Gasteiger partial charge in [-0.15, -0.1) is 0 Å². The predicted octanol–water partition coefficient (Wildman–Crippen LogP) is 3.34. The second-order valence-corrected chi connectivity index (χ2v) is 6.17. The Bertz CT molecular complexity index is 956. The molecular formula is C20H21N5O3. The largest absolute Gasteiger partial charge is 0.493 e. The van der Waals surface area contributed by atoms with Crippen LogP contribution in [-0.4, -0.2) is 42.8 Å². The van der Waals surface area contributed by atoms with E-state index in [0.717, 1.165) is 35.9 Å². The van der Waals surface area contributed by atoms with Gasteiger partial charge in [0.2, 0.25) is 11.7 Å². The maximum atomic E-state index is 5.40. The third kappa shape index (κ3) is 3.24. The molecule has 0 aliphatic carbocycles. The van der Waals surface area contributed by atoms with Crippen molar-refractivity contribution in [1.29, 1.82) is 0 Å². The molecule has 0 radical (unpaired) electrons. The highest BCUT2D eigenvalue weighted by Crippen LogP contribution is 2.40. The van der Waals surface area contributed by atoms with Gasteiger partial charge in [0.25, 0.3) is 0 Å². The van der Waals surface area contributed by atoms with Crippen LogP contribution in [0.4, 0.5) is 23.3 Å². The van der Waals surface area contributed by atoms with Crippen molar-refractivity contribution in [3.05, 3.63) is 48.3 Å². The van der Waals surface area contributed by atoms with Crippen molar-refractivity contribution in [2.45, 2.75) is 6.42 Å². The van der Waals surface area contributed by atoms with E-state index in [4.69, 9.17) is 19.2 Å². The number of anilines is 4. The van der Waals surface area contributed by atoms with Gasteiger partial charge in [-0.2, -0.15) is 4.98 Å². The minimum absolute atomic E-state index is 0.482. The van der Waals surface area contributed by atoms with Gasteiger partial charge < -0.3 is 24.4 Å². The first-order chi connectivity index (χ1) is 13.7. The van der Waals surface area contributed by atoms with Gasteiger partial charge in [-0.05, 0) is 18.6 Å². The molecule has 28 heavy (non-hydrogen) atoms. The summed E-state index contributed by atoms with van der Waals surface area (Å²) >= 11 is 0. The number of hydrogen-bond acceptors (Lipinski definition) is 8. The summed E-state index contributed by atoms with van der Waals surface area (Å²) in [4.78, 5) is 15.7. The highest BCUT2D eigenvalue weighted by atomic mass is 16.5. The minimum atomic E-state index is 0.482. The van der Waals surface area contributed by atoms with E-state index in [2.05, 4.69) is 20.2 Å². The van der Waals surface area contributed by atoms with E-state index in [0.29, 0.717) is 23.2 Å². The van der Waals surface area contributed by atoms with Gasteiger partial charge in [0.05, 0.1) is 21.3 Å². The first-order valence-electron chi connectivity index (χ1n) is 8.85. The van der Waals surface area contributed by atoms with Crippen LogP contribution in [0.5, 0.6) is 17.2 Å². The van der Waals surface area contributed by atoms with Crippen molar-refractivity contribution in [2.75, 3.05) is 38.1 Å². The number of nitrogens with one attached hydrogen (secondary N) is 1. The molecule has 1 N–H and O–H groups in total. The van der Waals surface area contributed by atoms with Crippen molar-refractivity contribution >= 4 is 23.3 Å². The molecule has 1 aliphatic heterocycles. The van der Waals surface area contributed by atoms with E-state index in [1.807, 2.05) is 36.5 Å². The molecule has 0 atom stereocenters. The van der Waals surface area contributed by atoms with Crippen LogP contribution in [0, 0.1) is 0 Å². The molecule has 3 heterocycles. The van der Waals surface area contributed by atoms with Crippen LogP contribution < -0.4 is 24.4 Å². The fourth-order valence-corrected chi connectivity index (χ4v) is 3.23. The summed E-state index contributed by atoms with van der Waals surface area (Å²) in [6.45, 7) is 0.828. The molecular weight excluding hydrogens is 358 g/mol. The third-order valence-corrected chi connectivity index (χ3v) is 4.55. The van der Waals surface area contributed by atoms with Crippen molar-refractivity contribution in [3.63, 3.8) is 0 Å². The Hall–Kier alpha value is -3.55. The zero-order valence-electron chi connectivity index (χ0n) is 16.0. The molecule has 0 amide bonds. The Morgan fingerprint density at radius 2 is 1.79 bits per heavy atom. The van der Waals surface area contributed by atoms with Gasteiger partial charge in [-0.25, -0.2) is 9.97 Å². The molecule has 0 saturated heterocycles. The van der Waals surface area contributed by atoms with E-state index < -0.39 is 0 Å². The SMILES string of the molecule is COc1cc(Nc2ncc3c(n2)N(c2ccccn2)CC3)cc(OC)c1OC. The lowest BCUT2D eigenvalue weighted by Crippen LogP contribution is -2.16. The van der Waals surface area contributed by atoms with Crippen molar-refractivity contribution < 1.29 is 14.2 Å². The summed E-state index contributed by atoms with van der Waals surface area (Å²) < 4.78 is 16.2. The maximum Gasteiger partial charge on any atom is 0.229 e. The zero-order valence-corrected chi connectivity index (χ0v) is 16.0. The summed E-state index contributed by atoms with van der Waals surface area (Å²) in [6, 6.07) is 9.47. The van der Waals surface area contributed by atoms with Crippen LogP contribution in [0.3, 0.4) is 0 Å². The minimum Gasteiger partial charge on any atom is -0.493 e. The summed E-state index contributed by atoms with van der Waals surface area (Å²) in [5, 5.41) is 3.22. The molecule has 0 unspecified atom stereocenters. The van der Waals surface area contributed by atoms with E-state index in [-0.39, 0.29) is 0 Å². The molecule has 1 aromatic carbocycles. The number of rotatable bonds is 6. The smallest absolute Gasteiger partial charge is 0.229 e. The predicted molar refractivity (Wildman–Crippen MR) is 106 cm³/mol. The Kier molecular flexibility index (Phi) is 4.84. The Morgan fingerprint density at radius 3 is 2.43 bits per heavy atom. The average Bonchev–Trinajstić information content (AvgIpc) is 3.16. The first-order valence-corrected chi connectivity index (χ1v) is 8.85. The second kappa shape index (κ2) is 7.59.